The van der Waals surface area contributed by atoms with E-state index in [2.05, 4.69) is 60.2 Å². The smallest absolute Gasteiger partial charge is 0.117 e. The lowest BCUT2D eigenvalue weighted by atomic mass is 10.1. The number of rotatable bonds is 11. The Morgan fingerprint density at radius 3 is 2.67 bits per heavy atom. The number of ether oxygens (including phenoxy) is 1. The fraction of sp³-hybridized carbons (Fsp3) is 0.385. The van der Waals surface area contributed by atoms with E-state index in [4.69, 9.17) is 4.74 Å². The first-order chi connectivity index (χ1) is 14.7. The van der Waals surface area contributed by atoms with Gasteiger partial charge < -0.3 is 9.84 Å². The molecule has 3 aromatic rings. The van der Waals surface area contributed by atoms with Crippen molar-refractivity contribution < 1.29 is 9.84 Å². The number of benzene rings is 2. The van der Waals surface area contributed by atoms with Gasteiger partial charge in [-0.2, -0.15) is 0 Å². The molecule has 0 saturated carbocycles. The molecular formula is C26H32N2O2. The van der Waals surface area contributed by atoms with E-state index < -0.39 is 0 Å². The lowest BCUT2D eigenvalue weighted by Crippen LogP contribution is -2.08. The molecule has 4 heteroatoms. The molecule has 2 aromatic carbocycles. The molecule has 0 radical (unpaired) electrons. The summed E-state index contributed by atoms with van der Waals surface area (Å²) in [5, 5.41) is 9.55. The molecule has 3 rings (SSSR count). The number of unbranched alkanes of at least 4 members (excludes halogenated alkanes) is 3. The topological polar surface area (TPSA) is 55.2 Å². The van der Waals surface area contributed by atoms with Crippen LogP contribution in [0.15, 0.2) is 54.7 Å². The van der Waals surface area contributed by atoms with E-state index in [9.17, 15) is 5.11 Å². The van der Waals surface area contributed by atoms with Gasteiger partial charge in [-0.3, -0.25) is 4.98 Å². The number of hydrogen-bond donors (Lipinski definition) is 1. The van der Waals surface area contributed by atoms with Crippen LogP contribution in [0, 0.1) is 0 Å². The van der Waals surface area contributed by atoms with E-state index in [1.54, 1.807) is 24.4 Å². The Balaban J connectivity index is 1.47. The van der Waals surface area contributed by atoms with Gasteiger partial charge >= 0.3 is 0 Å². The first-order valence-electron chi connectivity index (χ1n) is 11.0. The highest BCUT2D eigenvalue weighted by molar-refractivity contribution is 5.78. The van der Waals surface area contributed by atoms with Crippen LogP contribution in [0.1, 0.15) is 57.9 Å². The molecule has 0 spiro atoms. The molecule has 1 aromatic heterocycles. The first kappa shape index (κ1) is 22.0. The SMILES string of the molecule is CCCCCOC(C)CCCC=Cc1ccc(-c2cnc3cc(O)ccc3n2)cc1. The molecule has 1 unspecified atom stereocenters. The van der Waals surface area contributed by atoms with Crippen molar-refractivity contribution in [3.8, 4) is 17.0 Å². The van der Waals surface area contributed by atoms with Crippen molar-refractivity contribution in [3.05, 3.63) is 60.3 Å². The van der Waals surface area contributed by atoms with Crippen molar-refractivity contribution in [1.82, 2.24) is 9.97 Å². The third-order valence-corrected chi connectivity index (χ3v) is 5.17. The van der Waals surface area contributed by atoms with Gasteiger partial charge in [-0.1, -0.05) is 56.2 Å². The van der Waals surface area contributed by atoms with Crippen LogP contribution in [0.2, 0.25) is 0 Å². The summed E-state index contributed by atoms with van der Waals surface area (Å²) in [6, 6.07) is 13.4. The van der Waals surface area contributed by atoms with Crippen LogP contribution in [0.5, 0.6) is 5.75 Å². The van der Waals surface area contributed by atoms with Gasteiger partial charge in [0.15, 0.2) is 0 Å². The lowest BCUT2D eigenvalue weighted by Gasteiger charge is -2.12. The lowest BCUT2D eigenvalue weighted by molar-refractivity contribution is 0.0566. The molecule has 0 fully saturated rings. The van der Waals surface area contributed by atoms with Gasteiger partial charge in [-0.25, -0.2) is 4.98 Å². The molecule has 0 aliphatic heterocycles. The summed E-state index contributed by atoms with van der Waals surface area (Å²) >= 11 is 0. The Kier molecular flexibility index (Phi) is 8.40. The highest BCUT2D eigenvalue weighted by atomic mass is 16.5. The summed E-state index contributed by atoms with van der Waals surface area (Å²) in [5.74, 6) is 0.203. The average Bonchev–Trinajstić information content (AvgIpc) is 2.76. The quantitative estimate of drug-likeness (QED) is 0.358. The molecule has 1 N–H and O–H groups in total. The van der Waals surface area contributed by atoms with Crippen LogP contribution in [0.25, 0.3) is 28.4 Å². The maximum Gasteiger partial charge on any atom is 0.117 e. The number of allylic oxidation sites excluding steroid dienone is 1. The predicted octanol–water partition coefficient (Wildman–Crippen LogP) is 6.78. The molecule has 0 aliphatic carbocycles. The van der Waals surface area contributed by atoms with E-state index in [-0.39, 0.29) is 5.75 Å². The predicted molar refractivity (Wildman–Crippen MR) is 124 cm³/mol. The van der Waals surface area contributed by atoms with E-state index in [1.807, 2.05) is 0 Å². The summed E-state index contributed by atoms with van der Waals surface area (Å²) in [6.45, 7) is 5.28. The second-order valence-corrected chi connectivity index (χ2v) is 7.77. The van der Waals surface area contributed by atoms with Crippen LogP contribution < -0.4 is 0 Å². The first-order valence-corrected chi connectivity index (χ1v) is 11.0. The number of aromatic nitrogens is 2. The summed E-state index contributed by atoms with van der Waals surface area (Å²) in [4.78, 5) is 9.05. The standard InChI is InChI=1S/C26H32N2O2/c1-3-4-8-17-30-20(2)9-6-5-7-10-21-11-13-22(14-12-21)26-19-27-25-18-23(29)15-16-24(25)28-26/h7,10-16,18-20,29H,3-6,8-9,17H2,1-2H3. The number of nitrogens with zero attached hydrogens (tertiary/aromatic N) is 2. The van der Waals surface area contributed by atoms with Gasteiger partial charge in [-0.15, -0.1) is 0 Å². The Morgan fingerprint density at radius 1 is 1.03 bits per heavy atom. The average molecular weight is 405 g/mol. The van der Waals surface area contributed by atoms with Crippen LogP contribution in [0.3, 0.4) is 0 Å². The Bertz CT molecular complexity index is 951. The van der Waals surface area contributed by atoms with Gasteiger partial charge in [-0.05, 0) is 50.3 Å². The van der Waals surface area contributed by atoms with Gasteiger partial charge in [0.05, 0.1) is 29.0 Å². The Morgan fingerprint density at radius 2 is 1.87 bits per heavy atom. The van der Waals surface area contributed by atoms with Crippen LogP contribution in [0.4, 0.5) is 0 Å². The fourth-order valence-electron chi connectivity index (χ4n) is 3.37. The third-order valence-electron chi connectivity index (χ3n) is 5.17. The van der Waals surface area contributed by atoms with Crippen molar-refractivity contribution in [2.75, 3.05) is 6.61 Å². The van der Waals surface area contributed by atoms with Crippen molar-refractivity contribution in [1.29, 1.82) is 0 Å². The Hall–Kier alpha value is -2.72. The van der Waals surface area contributed by atoms with Crippen molar-refractivity contribution in [2.24, 2.45) is 0 Å². The summed E-state index contributed by atoms with van der Waals surface area (Å²) in [7, 11) is 0. The number of phenols is 1. The number of aromatic hydroxyl groups is 1. The van der Waals surface area contributed by atoms with Crippen molar-refractivity contribution >= 4 is 17.1 Å². The maximum absolute atomic E-state index is 9.55. The van der Waals surface area contributed by atoms with Gasteiger partial charge in [0, 0.05) is 18.2 Å². The van der Waals surface area contributed by atoms with E-state index >= 15 is 0 Å². The molecule has 1 heterocycles. The maximum atomic E-state index is 9.55. The zero-order chi connectivity index (χ0) is 21.2. The van der Waals surface area contributed by atoms with Crippen LogP contribution >= 0.6 is 0 Å². The van der Waals surface area contributed by atoms with Gasteiger partial charge in [0.25, 0.3) is 0 Å². The van der Waals surface area contributed by atoms with Crippen LogP contribution in [-0.4, -0.2) is 27.8 Å². The summed E-state index contributed by atoms with van der Waals surface area (Å²) in [6.07, 6.45) is 13.5. The van der Waals surface area contributed by atoms with Crippen molar-refractivity contribution in [2.45, 2.75) is 58.5 Å². The Labute approximate surface area is 179 Å². The molecule has 0 aliphatic rings. The molecular weight excluding hydrogens is 372 g/mol. The monoisotopic (exact) mass is 404 g/mol. The zero-order valence-corrected chi connectivity index (χ0v) is 18.1. The van der Waals surface area contributed by atoms with Gasteiger partial charge in [0.1, 0.15) is 5.75 Å². The molecule has 1 atom stereocenters. The molecule has 0 saturated heterocycles. The van der Waals surface area contributed by atoms with Crippen molar-refractivity contribution in [3.63, 3.8) is 0 Å². The molecule has 30 heavy (non-hydrogen) atoms. The molecule has 4 nitrogen and oxygen atoms in total. The number of phenolic OH excluding ortho intramolecular Hbond substituents is 1. The van der Waals surface area contributed by atoms with Gasteiger partial charge in [0.2, 0.25) is 0 Å². The number of fused-ring (bicyclic) bond motifs is 1. The minimum Gasteiger partial charge on any atom is -0.508 e. The summed E-state index contributed by atoms with van der Waals surface area (Å²) in [5.41, 5.74) is 4.51. The zero-order valence-electron chi connectivity index (χ0n) is 18.1. The minimum absolute atomic E-state index is 0.203. The highest BCUT2D eigenvalue weighted by Gasteiger charge is 2.04. The molecule has 0 bridgehead atoms. The van der Waals surface area contributed by atoms with E-state index in [1.165, 1.54) is 24.8 Å². The fourth-order valence-corrected chi connectivity index (χ4v) is 3.37. The largest absolute Gasteiger partial charge is 0.508 e. The van der Waals surface area contributed by atoms with E-state index in [0.717, 1.165) is 42.6 Å². The van der Waals surface area contributed by atoms with E-state index in [0.29, 0.717) is 11.6 Å². The normalized spacial score (nSPS) is 12.6. The second-order valence-electron chi connectivity index (χ2n) is 7.77. The molecule has 158 valence electrons. The molecule has 0 amide bonds. The highest BCUT2D eigenvalue weighted by Crippen LogP contribution is 2.22. The van der Waals surface area contributed by atoms with Crippen LogP contribution in [-0.2, 0) is 4.74 Å². The minimum atomic E-state index is 0.203. The second kappa shape index (κ2) is 11.5. The number of hydrogen-bond acceptors (Lipinski definition) is 4. The summed E-state index contributed by atoms with van der Waals surface area (Å²) < 4.78 is 5.85. The third kappa shape index (κ3) is 6.67.